The number of halogens is 1. The Bertz CT molecular complexity index is 618. The predicted molar refractivity (Wildman–Crippen MR) is 69.2 cm³/mol. The molecule has 0 saturated carbocycles. The van der Waals surface area contributed by atoms with Crippen molar-refractivity contribution in [2.24, 2.45) is 11.1 Å². The maximum absolute atomic E-state index is 13.3. The second kappa shape index (κ2) is 4.78. The number of para-hydroxylation sites is 1. The van der Waals surface area contributed by atoms with E-state index in [9.17, 15) is 17.6 Å². The topological polar surface area (TPSA) is 106 Å². The van der Waals surface area contributed by atoms with Crippen molar-refractivity contribution in [1.82, 2.24) is 0 Å². The van der Waals surface area contributed by atoms with Gasteiger partial charge in [0.2, 0.25) is 15.9 Å². The summed E-state index contributed by atoms with van der Waals surface area (Å²) in [5, 5.41) is 4.96. The normalized spacial score (nSPS) is 20.0. The number of amides is 1. The second-order valence-corrected chi connectivity index (χ2v) is 6.24. The van der Waals surface area contributed by atoms with Crippen molar-refractivity contribution in [3.63, 3.8) is 0 Å². The van der Waals surface area contributed by atoms with E-state index in [0.717, 1.165) is 0 Å². The molecule has 1 aliphatic rings. The Hall–Kier alpha value is -1.67. The molecule has 1 saturated heterocycles. The van der Waals surface area contributed by atoms with Crippen molar-refractivity contribution < 1.29 is 17.6 Å². The van der Waals surface area contributed by atoms with Crippen LogP contribution < -0.4 is 15.8 Å². The van der Waals surface area contributed by atoms with Crippen LogP contribution >= 0.6 is 0 Å². The largest absolute Gasteiger partial charge is 0.395 e. The number of primary sulfonamides is 1. The summed E-state index contributed by atoms with van der Waals surface area (Å²) in [6, 6.07) is 4.16. The molecule has 0 radical (unpaired) electrons. The van der Waals surface area contributed by atoms with Gasteiger partial charge in [-0.3, -0.25) is 4.79 Å². The monoisotopic (exact) mass is 287 g/mol. The summed E-state index contributed by atoms with van der Waals surface area (Å²) in [4.78, 5) is 13.1. The van der Waals surface area contributed by atoms with Crippen LogP contribution in [0.4, 0.5) is 15.8 Å². The van der Waals surface area contributed by atoms with E-state index in [4.69, 9.17) is 10.9 Å². The molecule has 1 aliphatic heterocycles. The average Bonchev–Trinajstić information content (AvgIpc) is 2.61. The standard InChI is InChI=1S/C11H14FN3O3S/c12-8-2-1-3-9(11(8)13)15-5-7(4-10(15)16)6-19(14,17)18/h1-3,7H,4-6,13H2,(H2,14,17,18). The number of hydrogen-bond acceptors (Lipinski definition) is 4. The van der Waals surface area contributed by atoms with Gasteiger partial charge in [-0.1, -0.05) is 6.07 Å². The van der Waals surface area contributed by atoms with E-state index in [1.54, 1.807) is 0 Å². The minimum Gasteiger partial charge on any atom is -0.395 e. The maximum Gasteiger partial charge on any atom is 0.227 e. The number of sulfonamides is 1. The Morgan fingerprint density at radius 3 is 2.74 bits per heavy atom. The second-order valence-electron chi connectivity index (χ2n) is 4.58. The van der Waals surface area contributed by atoms with E-state index in [0.29, 0.717) is 0 Å². The Morgan fingerprint density at radius 2 is 2.11 bits per heavy atom. The molecule has 1 aromatic rings. The molecule has 0 aliphatic carbocycles. The first-order valence-corrected chi connectivity index (χ1v) is 7.34. The van der Waals surface area contributed by atoms with Gasteiger partial charge >= 0.3 is 0 Å². The molecule has 0 aromatic heterocycles. The van der Waals surface area contributed by atoms with Crippen LogP contribution in [0.15, 0.2) is 18.2 Å². The Balaban J connectivity index is 2.23. The van der Waals surface area contributed by atoms with Crippen molar-refractivity contribution in [1.29, 1.82) is 0 Å². The first-order chi connectivity index (χ1) is 8.78. The third kappa shape index (κ3) is 3.02. The van der Waals surface area contributed by atoms with E-state index in [2.05, 4.69) is 0 Å². The van der Waals surface area contributed by atoms with Crippen LogP contribution in [0, 0.1) is 11.7 Å². The number of benzene rings is 1. The summed E-state index contributed by atoms with van der Waals surface area (Å²) in [6.07, 6.45) is 0.0619. The molecule has 1 amide bonds. The lowest BCUT2D eigenvalue weighted by atomic mass is 10.1. The fraction of sp³-hybridized carbons (Fsp3) is 0.364. The van der Waals surface area contributed by atoms with Gasteiger partial charge in [-0.2, -0.15) is 0 Å². The summed E-state index contributed by atoms with van der Waals surface area (Å²) < 4.78 is 35.4. The molecule has 0 bridgehead atoms. The van der Waals surface area contributed by atoms with Gasteiger partial charge in [-0.25, -0.2) is 17.9 Å². The highest BCUT2D eigenvalue weighted by molar-refractivity contribution is 7.89. The number of nitrogens with two attached hydrogens (primary N) is 2. The molecule has 19 heavy (non-hydrogen) atoms. The lowest BCUT2D eigenvalue weighted by Crippen LogP contribution is -2.28. The van der Waals surface area contributed by atoms with Crippen LogP contribution in [0.1, 0.15) is 6.42 Å². The first-order valence-electron chi connectivity index (χ1n) is 5.63. The van der Waals surface area contributed by atoms with Crippen LogP contribution in [-0.2, 0) is 14.8 Å². The smallest absolute Gasteiger partial charge is 0.227 e. The Kier molecular flexibility index (Phi) is 3.46. The number of carbonyl (C=O) groups is 1. The van der Waals surface area contributed by atoms with Crippen LogP contribution in [0.2, 0.25) is 0 Å². The summed E-state index contributed by atoms with van der Waals surface area (Å²) in [5.74, 6) is -1.57. The first kappa shape index (κ1) is 13.8. The van der Waals surface area contributed by atoms with E-state index < -0.39 is 21.8 Å². The molecule has 1 aromatic carbocycles. The summed E-state index contributed by atoms with van der Waals surface area (Å²) in [7, 11) is -3.64. The maximum atomic E-state index is 13.3. The van der Waals surface area contributed by atoms with Crippen molar-refractivity contribution >= 4 is 27.3 Å². The summed E-state index contributed by atoms with van der Waals surface area (Å²) in [6.45, 7) is 0.170. The van der Waals surface area contributed by atoms with Crippen molar-refractivity contribution in [2.75, 3.05) is 22.9 Å². The predicted octanol–water partition coefficient (Wildman–Crippen LogP) is 0.0493. The number of rotatable bonds is 3. The molecule has 1 unspecified atom stereocenters. The fourth-order valence-corrected chi connectivity index (χ4v) is 3.10. The highest BCUT2D eigenvalue weighted by atomic mass is 32.2. The van der Waals surface area contributed by atoms with E-state index in [-0.39, 0.29) is 36.0 Å². The zero-order valence-electron chi connectivity index (χ0n) is 10.0. The zero-order valence-corrected chi connectivity index (χ0v) is 10.9. The summed E-state index contributed by atoms with van der Waals surface area (Å²) >= 11 is 0. The molecule has 1 fully saturated rings. The third-order valence-corrected chi connectivity index (χ3v) is 3.93. The molecular weight excluding hydrogens is 273 g/mol. The summed E-state index contributed by atoms with van der Waals surface area (Å²) in [5.41, 5.74) is 5.73. The van der Waals surface area contributed by atoms with Crippen LogP contribution in [0.5, 0.6) is 0 Å². The highest BCUT2D eigenvalue weighted by Gasteiger charge is 2.33. The molecule has 104 valence electrons. The quantitative estimate of drug-likeness (QED) is 0.766. The Morgan fingerprint density at radius 1 is 1.42 bits per heavy atom. The number of hydrogen-bond donors (Lipinski definition) is 2. The molecule has 4 N–H and O–H groups in total. The van der Waals surface area contributed by atoms with Gasteiger partial charge in [0.25, 0.3) is 0 Å². The van der Waals surface area contributed by atoms with Crippen LogP contribution in [0.3, 0.4) is 0 Å². The molecule has 0 spiro atoms. The van der Waals surface area contributed by atoms with Gasteiger partial charge in [0.15, 0.2) is 0 Å². The molecule has 6 nitrogen and oxygen atoms in total. The van der Waals surface area contributed by atoms with Gasteiger partial charge in [-0.05, 0) is 12.1 Å². The fourth-order valence-electron chi connectivity index (χ4n) is 2.22. The van der Waals surface area contributed by atoms with Crippen molar-refractivity contribution in [2.45, 2.75) is 6.42 Å². The van der Waals surface area contributed by atoms with Crippen LogP contribution in [0.25, 0.3) is 0 Å². The zero-order chi connectivity index (χ0) is 14.2. The van der Waals surface area contributed by atoms with E-state index in [1.165, 1.54) is 23.1 Å². The van der Waals surface area contributed by atoms with Gasteiger partial charge in [0.05, 0.1) is 17.1 Å². The number of nitrogens with zero attached hydrogens (tertiary/aromatic N) is 1. The van der Waals surface area contributed by atoms with Gasteiger partial charge < -0.3 is 10.6 Å². The lowest BCUT2D eigenvalue weighted by Gasteiger charge is -2.18. The van der Waals surface area contributed by atoms with Crippen molar-refractivity contribution in [3.05, 3.63) is 24.0 Å². The van der Waals surface area contributed by atoms with Gasteiger partial charge in [0, 0.05) is 18.9 Å². The van der Waals surface area contributed by atoms with E-state index in [1.807, 2.05) is 0 Å². The minimum absolute atomic E-state index is 0.0619. The number of nitrogen functional groups attached to an aromatic ring is 1. The van der Waals surface area contributed by atoms with E-state index >= 15 is 0 Å². The SMILES string of the molecule is Nc1c(F)cccc1N1CC(CS(N)(=O)=O)CC1=O. The molecule has 8 heteroatoms. The number of anilines is 2. The Labute approximate surface area is 110 Å². The highest BCUT2D eigenvalue weighted by Crippen LogP contribution is 2.31. The van der Waals surface area contributed by atoms with Crippen LogP contribution in [-0.4, -0.2) is 26.6 Å². The third-order valence-electron chi connectivity index (χ3n) is 2.99. The molecule has 1 atom stereocenters. The lowest BCUT2D eigenvalue weighted by molar-refractivity contribution is -0.117. The molecule has 2 rings (SSSR count). The minimum atomic E-state index is -3.64. The van der Waals surface area contributed by atoms with Gasteiger partial charge in [0.1, 0.15) is 5.82 Å². The molecule has 1 heterocycles. The van der Waals surface area contributed by atoms with Crippen molar-refractivity contribution in [3.8, 4) is 0 Å². The molecular formula is C11H14FN3O3S. The number of carbonyl (C=O) groups excluding carboxylic acids is 1. The average molecular weight is 287 g/mol. The van der Waals surface area contributed by atoms with Gasteiger partial charge in [-0.15, -0.1) is 0 Å².